The minimum absolute atomic E-state index is 0.0279. The number of aryl methyl sites for hydroxylation is 2. The molecule has 0 bridgehead atoms. The van der Waals surface area contributed by atoms with E-state index < -0.39 is 11.5 Å². The highest BCUT2D eigenvalue weighted by molar-refractivity contribution is 6.44. The van der Waals surface area contributed by atoms with Crippen LogP contribution in [-0.4, -0.2) is 15.3 Å². The minimum Gasteiger partial charge on any atom is -0.438 e. The molecule has 0 radical (unpaired) electrons. The molecule has 0 unspecified atom stereocenters. The number of anilines is 1. The Hall–Kier alpha value is -4.12. The molecular formula is C27H20Cl2N4O3. The van der Waals surface area contributed by atoms with Gasteiger partial charge in [-0.3, -0.25) is 14.0 Å². The first kappa shape index (κ1) is 25.0. The molecule has 4 rings (SSSR count). The molecule has 0 atom stereocenters. The predicted molar refractivity (Wildman–Crippen MR) is 141 cm³/mol. The van der Waals surface area contributed by atoms with Crippen LogP contribution in [0.25, 0.3) is 11.7 Å². The Labute approximate surface area is 217 Å². The van der Waals surface area contributed by atoms with Gasteiger partial charge in [-0.15, -0.1) is 0 Å². The lowest BCUT2D eigenvalue weighted by molar-refractivity contribution is -0.112. The molecule has 0 fully saturated rings. The second-order valence-corrected chi connectivity index (χ2v) is 8.63. The summed E-state index contributed by atoms with van der Waals surface area (Å²) < 4.78 is 7.32. The summed E-state index contributed by atoms with van der Waals surface area (Å²) in [5.41, 5.74) is 1.61. The summed E-state index contributed by atoms with van der Waals surface area (Å²) in [5.74, 6) is -0.339. The van der Waals surface area contributed by atoms with Crippen molar-refractivity contribution in [2.45, 2.75) is 20.3 Å². The largest absolute Gasteiger partial charge is 0.438 e. The Morgan fingerprint density at radius 1 is 1.17 bits per heavy atom. The Morgan fingerprint density at radius 3 is 2.61 bits per heavy atom. The third-order valence-corrected chi connectivity index (χ3v) is 6.27. The van der Waals surface area contributed by atoms with Gasteiger partial charge in [0.1, 0.15) is 28.6 Å². The fourth-order valence-electron chi connectivity index (χ4n) is 3.48. The van der Waals surface area contributed by atoms with Gasteiger partial charge in [-0.05, 0) is 60.9 Å². The number of nitrogens with one attached hydrogen (secondary N) is 1. The molecule has 2 heterocycles. The van der Waals surface area contributed by atoms with Crippen molar-refractivity contribution in [3.05, 3.63) is 103 Å². The maximum absolute atomic E-state index is 13.4. The Kier molecular flexibility index (Phi) is 7.39. The van der Waals surface area contributed by atoms with Gasteiger partial charge in [0.25, 0.3) is 11.5 Å². The van der Waals surface area contributed by atoms with Crippen molar-refractivity contribution in [3.8, 4) is 17.7 Å². The van der Waals surface area contributed by atoms with Crippen LogP contribution in [0.4, 0.5) is 5.69 Å². The van der Waals surface area contributed by atoms with Gasteiger partial charge >= 0.3 is 0 Å². The quantitative estimate of drug-likeness (QED) is 0.241. The van der Waals surface area contributed by atoms with E-state index in [1.165, 1.54) is 4.40 Å². The first-order valence-corrected chi connectivity index (χ1v) is 11.7. The zero-order valence-corrected chi connectivity index (χ0v) is 20.9. The lowest BCUT2D eigenvalue weighted by Crippen LogP contribution is -2.20. The molecule has 4 aromatic rings. The molecule has 1 N–H and O–H groups in total. The van der Waals surface area contributed by atoms with Crippen molar-refractivity contribution >= 4 is 46.5 Å². The number of aromatic nitrogens is 2. The van der Waals surface area contributed by atoms with E-state index >= 15 is 0 Å². The number of carbonyl (C=O) groups is 1. The number of nitriles is 1. The van der Waals surface area contributed by atoms with Gasteiger partial charge in [0.05, 0.1) is 15.7 Å². The number of benzene rings is 2. The minimum atomic E-state index is -0.770. The summed E-state index contributed by atoms with van der Waals surface area (Å²) in [6, 6.07) is 17.5. The standard InChI is InChI=1S/C27H20Cl2N4O3/c1-3-17-9-11-19(12-10-17)36-26-20(27(35)33-13-5-6-16(2)24(33)32-26)14-18(15-30)25(34)31-22-8-4-7-21(28)23(22)29/h4-14H,3H2,1-2H3,(H,31,34)/b18-14-. The van der Waals surface area contributed by atoms with Crippen molar-refractivity contribution in [1.29, 1.82) is 5.26 Å². The molecule has 0 aliphatic rings. The van der Waals surface area contributed by atoms with Crippen LogP contribution in [0.3, 0.4) is 0 Å². The normalized spacial score (nSPS) is 11.2. The predicted octanol–water partition coefficient (Wildman–Crippen LogP) is 6.21. The Morgan fingerprint density at radius 2 is 1.92 bits per heavy atom. The van der Waals surface area contributed by atoms with Gasteiger partial charge in [0.15, 0.2) is 0 Å². The van der Waals surface area contributed by atoms with Crippen LogP contribution in [0.2, 0.25) is 10.0 Å². The van der Waals surface area contributed by atoms with E-state index in [0.29, 0.717) is 11.4 Å². The highest BCUT2D eigenvalue weighted by Gasteiger charge is 2.19. The number of fused-ring (bicyclic) bond motifs is 1. The molecule has 9 heteroatoms. The zero-order valence-electron chi connectivity index (χ0n) is 19.4. The molecule has 0 aliphatic carbocycles. The fourth-order valence-corrected chi connectivity index (χ4v) is 3.83. The fraction of sp³-hybridized carbons (Fsp3) is 0.111. The highest BCUT2D eigenvalue weighted by atomic mass is 35.5. The molecule has 0 aliphatic heterocycles. The van der Waals surface area contributed by atoms with Crippen LogP contribution in [-0.2, 0) is 11.2 Å². The summed E-state index contributed by atoms with van der Waals surface area (Å²) in [7, 11) is 0. The van der Waals surface area contributed by atoms with E-state index in [1.807, 2.05) is 38.1 Å². The molecule has 7 nitrogen and oxygen atoms in total. The maximum Gasteiger partial charge on any atom is 0.269 e. The number of rotatable bonds is 6. The summed E-state index contributed by atoms with van der Waals surface area (Å²) in [6.07, 6.45) is 3.58. The number of amides is 1. The van der Waals surface area contributed by atoms with Gasteiger partial charge < -0.3 is 10.1 Å². The second-order valence-electron chi connectivity index (χ2n) is 7.85. The van der Waals surface area contributed by atoms with E-state index in [1.54, 1.807) is 42.6 Å². The smallest absolute Gasteiger partial charge is 0.269 e. The SMILES string of the molecule is CCc1ccc(Oc2nc3c(C)cccn3c(=O)c2/C=C(/C#N)C(=O)Nc2cccc(Cl)c2Cl)cc1. The average Bonchev–Trinajstić information content (AvgIpc) is 2.88. The summed E-state index contributed by atoms with van der Waals surface area (Å²) >= 11 is 12.2. The summed E-state index contributed by atoms with van der Waals surface area (Å²) in [6.45, 7) is 3.86. The van der Waals surface area contributed by atoms with Crippen molar-refractivity contribution in [2.24, 2.45) is 0 Å². The number of hydrogen-bond donors (Lipinski definition) is 1. The topological polar surface area (TPSA) is 96.5 Å². The molecule has 2 aromatic carbocycles. The summed E-state index contributed by atoms with van der Waals surface area (Å²) in [4.78, 5) is 30.9. The van der Waals surface area contributed by atoms with Gasteiger partial charge in [-0.1, -0.05) is 54.4 Å². The summed E-state index contributed by atoms with van der Waals surface area (Å²) in [5, 5.41) is 12.7. The second kappa shape index (κ2) is 10.6. The molecule has 0 saturated heterocycles. The van der Waals surface area contributed by atoms with E-state index in [-0.39, 0.29) is 32.7 Å². The highest BCUT2D eigenvalue weighted by Crippen LogP contribution is 2.30. The molecule has 0 spiro atoms. The molecule has 2 aromatic heterocycles. The number of halogens is 2. The van der Waals surface area contributed by atoms with E-state index in [4.69, 9.17) is 27.9 Å². The Balaban J connectivity index is 1.82. The zero-order chi connectivity index (χ0) is 25.8. The van der Waals surface area contributed by atoms with Crippen LogP contribution in [0, 0.1) is 18.3 Å². The number of hydrogen-bond acceptors (Lipinski definition) is 5. The van der Waals surface area contributed by atoms with Crippen LogP contribution < -0.4 is 15.6 Å². The van der Waals surface area contributed by atoms with Gasteiger partial charge in [0.2, 0.25) is 5.88 Å². The first-order chi connectivity index (χ1) is 17.3. The van der Waals surface area contributed by atoms with Crippen molar-refractivity contribution in [1.82, 2.24) is 9.38 Å². The van der Waals surface area contributed by atoms with Crippen LogP contribution in [0.5, 0.6) is 11.6 Å². The molecule has 0 saturated carbocycles. The van der Waals surface area contributed by atoms with E-state index in [2.05, 4.69) is 10.3 Å². The Bertz CT molecular complexity index is 1600. The van der Waals surface area contributed by atoms with Gasteiger partial charge in [0, 0.05) is 6.20 Å². The molecule has 1 amide bonds. The first-order valence-electron chi connectivity index (χ1n) is 11.0. The number of ether oxygens (including phenoxy) is 1. The maximum atomic E-state index is 13.4. The van der Waals surface area contributed by atoms with Crippen LogP contribution in [0.15, 0.2) is 71.2 Å². The van der Waals surface area contributed by atoms with E-state index in [9.17, 15) is 14.9 Å². The number of carbonyl (C=O) groups excluding carboxylic acids is 1. The average molecular weight is 519 g/mol. The van der Waals surface area contributed by atoms with Gasteiger partial charge in [-0.2, -0.15) is 10.2 Å². The van der Waals surface area contributed by atoms with Crippen molar-refractivity contribution in [2.75, 3.05) is 5.32 Å². The molecule has 36 heavy (non-hydrogen) atoms. The van der Waals surface area contributed by atoms with E-state index in [0.717, 1.165) is 23.6 Å². The molecule has 180 valence electrons. The number of pyridine rings is 1. The third kappa shape index (κ3) is 5.10. The van der Waals surface area contributed by atoms with Crippen molar-refractivity contribution < 1.29 is 9.53 Å². The molecular weight excluding hydrogens is 499 g/mol. The third-order valence-electron chi connectivity index (χ3n) is 5.45. The number of nitrogens with zero attached hydrogens (tertiary/aromatic N) is 3. The monoisotopic (exact) mass is 518 g/mol. The lowest BCUT2D eigenvalue weighted by atomic mass is 10.1. The van der Waals surface area contributed by atoms with Crippen LogP contribution in [0.1, 0.15) is 23.6 Å². The van der Waals surface area contributed by atoms with Gasteiger partial charge in [-0.25, -0.2) is 0 Å². The van der Waals surface area contributed by atoms with Crippen molar-refractivity contribution in [3.63, 3.8) is 0 Å². The lowest BCUT2D eigenvalue weighted by Gasteiger charge is -2.12. The van der Waals surface area contributed by atoms with Crippen LogP contribution >= 0.6 is 23.2 Å².